The first-order valence-electron chi connectivity index (χ1n) is 9.64. The van der Waals surface area contributed by atoms with Crippen LogP contribution in [-0.2, 0) is 17.7 Å². The molecule has 3 rings (SSSR count). The van der Waals surface area contributed by atoms with Crippen LogP contribution in [0.5, 0.6) is 0 Å². The molecule has 1 saturated heterocycles. The highest BCUT2D eigenvalue weighted by molar-refractivity contribution is 14.0. The van der Waals surface area contributed by atoms with Crippen molar-refractivity contribution in [1.29, 1.82) is 0 Å². The lowest BCUT2D eigenvalue weighted by Gasteiger charge is -2.32. The van der Waals surface area contributed by atoms with Gasteiger partial charge in [0.25, 0.3) is 0 Å². The number of morpholine rings is 1. The van der Waals surface area contributed by atoms with Gasteiger partial charge in [0.15, 0.2) is 5.96 Å². The Bertz CT molecular complexity index is 770. The minimum absolute atomic E-state index is 0. The summed E-state index contributed by atoms with van der Waals surface area (Å²) in [6.07, 6.45) is 2.94. The zero-order valence-corrected chi connectivity index (χ0v) is 19.2. The second-order valence-corrected chi connectivity index (χ2v) is 6.88. The summed E-state index contributed by atoms with van der Waals surface area (Å²) in [6, 6.07) is 10.7. The Morgan fingerprint density at radius 1 is 1.21 bits per heavy atom. The number of hydrogen-bond donors (Lipinski definition) is 2. The molecule has 1 aromatic heterocycles. The Morgan fingerprint density at radius 2 is 1.97 bits per heavy atom. The maximum absolute atomic E-state index is 12.9. The van der Waals surface area contributed by atoms with Crippen molar-refractivity contribution in [1.82, 2.24) is 15.6 Å². The van der Waals surface area contributed by atoms with Crippen LogP contribution in [-0.4, -0.2) is 50.3 Å². The molecule has 1 aliphatic heterocycles. The van der Waals surface area contributed by atoms with Gasteiger partial charge >= 0.3 is 0 Å². The van der Waals surface area contributed by atoms with E-state index in [0.717, 1.165) is 55.6 Å². The Morgan fingerprint density at radius 3 is 2.62 bits per heavy atom. The van der Waals surface area contributed by atoms with Gasteiger partial charge in [0.1, 0.15) is 11.6 Å². The summed E-state index contributed by atoms with van der Waals surface area (Å²) < 4.78 is 18.5. The molecule has 1 aromatic carbocycles. The topological polar surface area (TPSA) is 61.8 Å². The largest absolute Gasteiger partial charge is 0.375 e. The molecule has 158 valence electrons. The summed E-state index contributed by atoms with van der Waals surface area (Å²) in [4.78, 5) is 11.1. The SMILES string of the molecule is CN=C(NCCc1ccc(F)cc1)NCc1ccc(N2CCOC(C)C2)nc1.I. The van der Waals surface area contributed by atoms with E-state index in [1.165, 1.54) is 12.1 Å². The van der Waals surface area contributed by atoms with Crippen molar-refractivity contribution in [3.63, 3.8) is 0 Å². The fraction of sp³-hybridized carbons (Fsp3) is 0.429. The molecule has 2 aromatic rings. The van der Waals surface area contributed by atoms with Crippen LogP contribution in [0, 0.1) is 5.82 Å². The molecule has 8 heteroatoms. The molecule has 1 aliphatic rings. The average molecular weight is 513 g/mol. The number of anilines is 1. The lowest BCUT2D eigenvalue weighted by Crippen LogP contribution is -2.41. The molecule has 2 heterocycles. The number of nitrogens with zero attached hydrogens (tertiary/aromatic N) is 3. The van der Waals surface area contributed by atoms with Gasteiger partial charge in [-0.2, -0.15) is 0 Å². The van der Waals surface area contributed by atoms with Gasteiger partial charge in [-0.25, -0.2) is 9.37 Å². The zero-order valence-electron chi connectivity index (χ0n) is 16.9. The van der Waals surface area contributed by atoms with Gasteiger partial charge in [0, 0.05) is 39.4 Å². The maximum Gasteiger partial charge on any atom is 0.191 e. The van der Waals surface area contributed by atoms with Crippen LogP contribution in [0.3, 0.4) is 0 Å². The highest BCUT2D eigenvalue weighted by Crippen LogP contribution is 2.15. The molecule has 0 spiro atoms. The number of aliphatic imine (C=N–C) groups is 1. The predicted molar refractivity (Wildman–Crippen MR) is 126 cm³/mol. The second-order valence-electron chi connectivity index (χ2n) is 6.88. The first kappa shape index (κ1) is 23.3. The summed E-state index contributed by atoms with van der Waals surface area (Å²) in [5.41, 5.74) is 2.17. The van der Waals surface area contributed by atoms with Gasteiger partial charge in [0.2, 0.25) is 0 Å². The van der Waals surface area contributed by atoms with Gasteiger partial charge < -0.3 is 20.3 Å². The Hall–Kier alpha value is -1.94. The number of benzene rings is 1. The van der Waals surface area contributed by atoms with Gasteiger partial charge in [-0.1, -0.05) is 18.2 Å². The van der Waals surface area contributed by atoms with E-state index < -0.39 is 0 Å². The van der Waals surface area contributed by atoms with Crippen LogP contribution < -0.4 is 15.5 Å². The predicted octanol–water partition coefficient (Wildman–Crippen LogP) is 2.97. The third-order valence-corrected chi connectivity index (χ3v) is 4.68. The van der Waals surface area contributed by atoms with E-state index in [1.807, 2.05) is 6.20 Å². The molecule has 6 nitrogen and oxygen atoms in total. The van der Waals surface area contributed by atoms with Crippen molar-refractivity contribution in [3.8, 4) is 0 Å². The van der Waals surface area contributed by atoms with Crippen molar-refractivity contribution in [2.75, 3.05) is 38.2 Å². The van der Waals surface area contributed by atoms with E-state index in [0.29, 0.717) is 6.54 Å². The summed E-state index contributed by atoms with van der Waals surface area (Å²) in [6.45, 7) is 5.93. The highest BCUT2D eigenvalue weighted by Gasteiger charge is 2.17. The van der Waals surface area contributed by atoms with Crippen LogP contribution in [0.2, 0.25) is 0 Å². The summed E-state index contributed by atoms with van der Waals surface area (Å²) in [5.74, 6) is 1.51. The third kappa shape index (κ3) is 7.43. The number of nitrogens with one attached hydrogen (secondary N) is 2. The average Bonchev–Trinajstić information content (AvgIpc) is 2.72. The Labute approximate surface area is 189 Å². The Kier molecular flexibility index (Phi) is 9.59. The van der Waals surface area contributed by atoms with Gasteiger partial charge in [-0.15, -0.1) is 24.0 Å². The monoisotopic (exact) mass is 513 g/mol. The number of pyridine rings is 1. The van der Waals surface area contributed by atoms with Crippen LogP contribution in [0.25, 0.3) is 0 Å². The second kappa shape index (κ2) is 11.9. The molecule has 2 N–H and O–H groups in total. The molecule has 0 saturated carbocycles. The molecule has 0 amide bonds. The number of hydrogen-bond acceptors (Lipinski definition) is 4. The number of guanidine groups is 1. The first-order valence-corrected chi connectivity index (χ1v) is 9.64. The third-order valence-electron chi connectivity index (χ3n) is 4.68. The minimum atomic E-state index is -0.211. The number of rotatable bonds is 6. The molecule has 1 atom stereocenters. The smallest absolute Gasteiger partial charge is 0.191 e. The highest BCUT2D eigenvalue weighted by atomic mass is 127. The normalized spacial score (nSPS) is 16.9. The van der Waals surface area contributed by atoms with Crippen LogP contribution in [0.1, 0.15) is 18.1 Å². The van der Waals surface area contributed by atoms with Crippen LogP contribution in [0.4, 0.5) is 10.2 Å². The van der Waals surface area contributed by atoms with Gasteiger partial charge in [-0.05, 0) is 42.7 Å². The maximum atomic E-state index is 12.9. The summed E-state index contributed by atoms with van der Waals surface area (Å²) in [7, 11) is 1.74. The van der Waals surface area contributed by atoms with Gasteiger partial charge in [-0.3, -0.25) is 4.99 Å². The number of ether oxygens (including phenoxy) is 1. The fourth-order valence-corrected chi connectivity index (χ4v) is 3.12. The molecule has 0 aliphatic carbocycles. The standard InChI is InChI=1S/C21H28FN5O.HI/c1-16-15-27(11-12-28-16)20-8-5-18(13-25-20)14-26-21(23-2)24-10-9-17-3-6-19(22)7-4-17;/h3-8,13,16H,9-12,14-15H2,1-2H3,(H2,23,24,26);1H. The zero-order chi connectivity index (χ0) is 19.8. The van der Waals surface area contributed by atoms with E-state index in [9.17, 15) is 4.39 Å². The number of aromatic nitrogens is 1. The minimum Gasteiger partial charge on any atom is -0.375 e. The van der Waals surface area contributed by atoms with Crippen molar-refractivity contribution in [3.05, 3.63) is 59.5 Å². The van der Waals surface area contributed by atoms with E-state index in [1.54, 1.807) is 19.2 Å². The number of halogens is 2. The molecular weight excluding hydrogens is 484 g/mol. The molecule has 0 bridgehead atoms. The van der Waals surface area contributed by atoms with Crippen LogP contribution in [0.15, 0.2) is 47.6 Å². The molecular formula is C21H29FIN5O. The van der Waals surface area contributed by atoms with E-state index in [-0.39, 0.29) is 35.9 Å². The van der Waals surface area contributed by atoms with E-state index >= 15 is 0 Å². The van der Waals surface area contributed by atoms with Crippen molar-refractivity contribution < 1.29 is 9.13 Å². The van der Waals surface area contributed by atoms with Gasteiger partial charge in [0.05, 0.1) is 12.7 Å². The van der Waals surface area contributed by atoms with E-state index in [2.05, 4.69) is 44.6 Å². The fourth-order valence-electron chi connectivity index (χ4n) is 3.12. The lowest BCUT2D eigenvalue weighted by molar-refractivity contribution is 0.0529. The molecule has 29 heavy (non-hydrogen) atoms. The quantitative estimate of drug-likeness (QED) is 0.354. The van der Waals surface area contributed by atoms with Crippen LogP contribution >= 0.6 is 24.0 Å². The summed E-state index contributed by atoms with van der Waals surface area (Å²) in [5, 5.41) is 6.57. The van der Waals surface area contributed by atoms with Crippen molar-refractivity contribution in [2.24, 2.45) is 4.99 Å². The molecule has 1 fully saturated rings. The van der Waals surface area contributed by atoms with E-state index in [4.69, 9.17) is 4.74 Å². The molecule has 1 unspecified atom stereocenters. The van der Waals surface area contributed by atoms with Crippen molar-refractivity contribution in [2.45, 2.75) is 26.0 Å². The molecule has 0 radical (unpaired) electrons. The first-order chi connectivity index (χ1) is 13.6. The lowest BCUT2D eigenvalue weighted by atomic mass is 10.1. The summed E-state index contributed by atoms with van der Waals surface area (Å²) >= 11 is 0. The van der Waals surface area contributed by atoms with Crippen molar-refractivity contribution >= 4 is 35.8 Å². The Balaban J connectivity index is 0.00000300.